The first kappa shape index (κ1) is 19.0. The molecular formula is C17H9ClF5N3O. The molecular weight excluding hydrogens is 393 g/mol. The van der Waals surface area contributed by atoms with E-state index in [1.165, 1.54) is 30.3 Å². The standard InChI is InChI=1S/C17H9ClF5N3O/c18-12-6-10(5-11(7-12)17(21,22)23)15-14(24-8-25-26-15)9-1-3-13(4-2-9)27-16(19)20/h1-8,16H. The van der Waals surface area contributed by atoms with Crippen LogP contribution >= 0.6 is 11.6 Å². The molecule has 10 heteroatoms. The van der Waals surface area contributed by atoms with Gasteiger partial charge in [-0.05, 0) is 42.5 Å². The molecule has 4 nitrogen and oxygen atoms in total. The number of nitrogens with zero attached hydrogens (tertiary/aromatic N) is 3. The van der Waals surface area contributed by atoms with Gasteiger partial charge in [0.2, 0.25) is 0 Å². The fourth-order valence-corrected chi connectivity index (χ4v) is 2.60. The number of hydrogen-bond acceptors (Lipinski definition) is 4. The Morgan fingerprint density at radius 2 is 1.63 bits per heavy atom. The zero-order chi connectivity index (χ0) is 19.6. The molecule has 0 N–H and O–H groups in total. The molecule has 140 valence electrons. The zero-order valence-corrected chi connectivity index (χ0v) is 14.0. The van der Waals surface area contributed by atoms with Gasteiger partial charge in [-0.25, -0.2) is 4.98 Å². The Balaban J connectivity index is 2.06. The summed E-state index contributed by atoms with van der Waals surface area (Å²) in [6, 6.07) is 8.42. The van der Waals surface area contributed by atoms with E-state index in [4.69, 9.17) is 11.6 Å². The maximum absolute atomic E-state index is 13.1. The highest BCUT2D eigenvalue weighted by atomic mass is 35.5. The van der Waals surface area contributed by atoms with Crippen molar-refractivity contribution in [3.8, 4) is 28.3 Å². The summed E-state index contributed by atoms with van der Waals surface area (Å²) in [5.74, 6) is -0.0700. The highest BCUT2D eigenvalue weighted by Crippen LogP contribution is 2.36. The maximum Gasteiger partial charge on any atom is 0.416 e. The highest BCUT2D eigenvalue weighted by molar-refractivity contribution is 6.31. The largest absolute Gasteiger partial charge is 0.435 e. The molecule has 0 saturated heterocycles. The van der Waals surface area contributed by atoms with Gasteiger partial charge in [-0.2, -0.15) is 22.0 Å². The first-order chi connectivity index (χ1) is 12.7. The van der Waals surface area contributed by atoms with Crippen LogP contribution in [0, 0.1) is 0 Å². The third-order valence-electron chi connectivity index (χ3n) is 3.47. The third-order valence-corrected chi connectivity index (χ3v) is 3.69. The lowest BCUT2D eigenvalue weighted by molar-refractivity contribution is -0.137. The lowest BCUT2D eigenvalue weighted by atomic mass is 10.0. The molecule has 3 rings (SSSR count). The maximum atomic E-state index is 13.1. The van der Waals surface area contributed by atoms with Gasteiger partial charge in [0, 0.05) is 16.1 Å². The second-order valence-electron chi connectivity index (χ2n) is 5.29. The Hall–Kier alpha value is -2.81. The zero-order valence-electron chi connectivity index (χ0n) is 13.2. The van der Waals surface area contributed by atoms with Gasteiger partial charge >= 0.3 is 12.8 Å². The fourth-order valence-electron chi connectivity index (χ4n) is 2.37. The van der Waals surface area contributed by atoms with Gasteiger partial charge in [0.05, 0.1) is 5.56 Å². The summed E-state index contributed by atoms with van der Waals surface area (Å²) in [6.45, 7) is -2.97. The molecule has 0 aliphatic carbocycles. The first-order valence-corrected chi connectivity index (χ1v) is 7.73. The van der Waals surface area contributed by atoms with Gasteiger partial charge in [-0.15, -0.1) is 10.2 Å². The average molecular weight is 402 g/mol. The van der Waals surface area contributed by atoms with Crippen LogP contribution in [0.2, 0.25) is 5.02 Å². The topological polar surface area (TPSA) is 47.9 Å². The number of aromatic nitrogens is 3. The van der Waals surface area contributed by atoms with Crippen LogP contribution in [0.3, 0.4) is 0 Å². The van der Waals surface area contributed by atoms with Crippen LogP contribution in [0.5, 0.6) is 5.75 Å². The Labute approximate surface area is 154 Å². The summed E-state index contributed by atoms with van der Waals surface area (Å²) in [6.07, 6.45) is -3.47. The van der Waals surface area contributed by atoms with Crippen molar-refractivity contribution in [1.29, 1.82) is 0 Å². The van der Waals surface area contributed by atoms with E-state index in [1.54, 1.807) is 0 Å². The van der Waals surface area contributed by atoms with Gasteiger partial charge in [0.1, 0.15) is 23.5 Å². The summed E-state index contributed by atoms with van der Waals surface area (Å²) in [5, 5.41) is 7.36. The van der Waals surface area contributed by atoms with E-state index in [0.717, 1.165) is 18.5 Å². The van der Waals surface area contributed by atoms with E-state index >= 15 is 0 Å². The molecule has 0 spiro atoms. The number of rotatable bonds is 4. The molecule has 0 atom stereocenters. The first-order valence-electron chi connectivity index (χ1n) is 7.35. The van der Waals surface area contributed by atoms with Crippen LogP contribution in [-0.4, -0.2) is 21.8 Å². The van der Waals surface area contributed by atoms with Gasteiger partial charge in [0.25, 0.3) is 0 Å². The minimum Gasteiger partial charge on any atom is -0.435 e. The van der Waals surface area contributed by atoms with E-state index in [-0.39, 0.29) is 27.7 Å². The number of ether oxygens (including phenoxy) is 1. The normalized spacial score (nSPS) is 11.7. The number of hydrogen-bond donors (Lipinski definition) is 0. The Morgan fingerprint density at radius 3 is 2.26 bits per heavy atom. The molecule has 2 aromatic carbocycles. The molecule has 1 heterocycles. The molecule has 27 heavy (non-hydrogen) atoms. The van der Waals surface area contributed by atoms with Gasteiger partial charge in [-0.3, -0.25) is 0 Å². The molecule has 0 aliphatic heterocycles. The molecule has 0 unspecified atom stereocenters. The van der Waals surface area contributed by atoms with Crippen LogP contribution in [0.25, 0.3) is 22.5 Å². The minimum absolute atomic E-state index is 0.0630. The molecule has 0 amide bonds. The molecule has 0 aliphatic rings. The van der Waals surface area contributed by atoms with E-state index in [9.17, 15) is 22.0 Å². The second kappa shape index (κ2) is 7.43. The number of alkyl halides is 5. The van der Waals surface area contributed by atoms with E-state index in [1.807, 2.05) is 0 Å². The molecule has 0 radical (unpaired) electrons. The van der Waals surface area contributed by atoms with Crippen LogP contribution in [-0.2, 0) is 6.18 Å². The van der Waals surface area contributed by atoms with Crippen molar-refractivity contribution in [2.75, 3.05) is 0 Å². The van der Waals surface area contributed by atoms with Crippen LogP contribution in [0.1, 0.15) is 5.56 Å². The summed E-state index contributed by atoms with van der Waals surface area (Å²) in [5.41, 5.74) is -0.173. The molecule has 0 fully saturated rings. The second-order valence-corrected chi connectivity index (χ2v) is 5.72. The van der Waals surface area contributed by atoms with Crippen LogP contribution in [0.15, 0.2) is 48.8 Å². The third kappa shape index (κ3) is 4.48. The highest BCUT2D eigenvalue weighted by Gasteiger charge is 2.31. The van der Waals surface area contributed by atoms with Crippen molar-refractivity contribution < 1.29 is 26.7 Å². The van der Waals surface area contributed by atoms with Crippen LogP contribution in [0.4, 0.5) is 22.0 Å². The van der Waals surface area contributed by atoms with Gasteiger partial charge in [0.15, 0.2) is 0 Å². The summed E-state index contributed by atoms with van der Waals surface area (Å²) < 4.78 is 67.9. The summed E-state index contributed by atoms with van der Waals surface area (Å²) in [7, 11) is 0. The monoisotopic (exact) mass is 401 g/mol. The summed E-state index contributed by atoms with van der Waals surface area (Å²) >= 11 is 5.82. The smallest absolute Gasteiger partial charge is 0.416 e. The Morgan fingerprint density at radius 1 is 0.926 bits per heavy atom. The van der Waals surface area contributed by atoms with E-state index in [0.29, 0.717) is 5.56 Å². The SMILES string of the molecule is FC(F)Oc1ccc(-c2ncnnc2-c2cc(Cl)cc(C(F)(F)F)c2)cc1. The van der Waals surface area contributed by atoms with Crippen molar-refractivity contribution in [1.82, 2.24) is 15.2 Å². The van der Waals surface area contributed by atoms with Crippen molar-refractivity contribution >= 4 is 11.6 Å². The van der Waals surface area contributed by atoms with Crippen molar-refractivity contribution in [3.05, 3.63) is 59.4 Å². The molecule has 0 saturated carbocycles. The van der Waals surface area contributed by atoms with E-state index < -0.39 is 18.4 Å². The van der Waals surface area contributed by atoms with Crippen molar-refractivity contribution in [2.45, 2.75) is 12.8 Å². The Kier molecular flexibility index (Phi) is 5.22. The molecule has 3 aromatic rings. The minimum atomic E-state index is -4.59. The number of halogens is 6. The van der Waals surface area contributed by atoms with Gasteiger partial charge < -0.3 is 4.74 Å². The fraction of sp³-hybridized carbons (Fsp3) is 0.118. The lowest BCUT2D eigenvalue weighted by Gasteiger charge is -2.12. The van der Waals surface area contributed by atoms with Crippen LogP contribution < -0.4 is 4.74 Å². The summed E-state index contributed by atoms with van der Waals surface area (Å²) in [4.78, 5) is 4.05. The van der Waals surface area contributed by atoms with E-state index in [2.05, 4.69) is 19.9 Å². The Bertz CT molecular complexity index is 948. The van der Waals surface area contributed by atoms with Crippen molar-refractivity contribution in [2.24, 2.45) is 0 Å². The van der Waals surface area contributed by atoms with Crippen molar-refractivity contribution in [3.63, 3.8) is 0 Å². The predicted molar refractivity (Wildman–Crippen MR) is 87.3 cm³/mol. The number of benzene rings is 2. The quantitative estimate of drug-likeness (QED) is 0.543. The van der Waals surface area contributed by atoms with Gasteiger partial charge in [-0.1, -0.05) is 11.6 Å². The predicted octanol–water partition coefficient (Wildman–Crippen LogP) is 5.48. The average Bonchev–Trinajstić information content (AvgIpc) is 2.61. The lowest BCUT2D eigenvalue weighted by Crippen LogP contribution is -2.05. The molecule has 0 bridgehead atoms. The molecule has 1 aromatic heterocycles.